The summed E-state index contributed by atoms with van der Waals surface area (Å²) < 4.78 is 1.64. The number of nitrogens with one attached hydrogen (secondary N) is 1. The molecular weight excluding hydrogens is 328 g/mol. The van der Waals surface area contributed by atoms with E-state index in [4.69, 9.17) is 0 Å². The fourth-order valence-electron chi connectivity index (χ4n) is 2.32. The van der Waals surface area contributed by atoms with Gasteiger partial charge in [0.2, 0.25) is 0 Å². The number of thiazole rings is 1. The van der Waals surface area contributed by atoms with Gasteiger partial charge in [-0.3, -0.25) is 10.2 Å². The minimum Gasteiger partial charge on any atom is -0.266 e. The number of rotatable bonds is 3. The van der Waals surface area contributed by atoms with Crippen LogP contribution in [-0.4, -0.2) is 20.6 Å². The molecule has 0 saturated carbocycles. The molecule has 114 valence electrons. The predicted octanol–water partition coefficient (Wildman–Crippen LogP) is 3.91. The lowest BCUT2D eigenvalue weighted by atomic mass is 10.3. The zero-order valence-electron chi connectivity index (χ0n) is 12.2. The third-order valence-corrected chi connectivity index (χ3v) is 5.61. The van der Waals surface area contributed by atoms with Crippen molar-refractivity contribution in [2.75, 3.05) is 5.43 Å². The van der Waals surface area contributed by atoms with Gasteiger partial charge in [0, 0.05) is 0 Å². The summed E-state index contributed by atoms with van der Waals surface area (Å²) in [6, 6.07) is 11.6. The van der Waals surface area contributed by atoms with Crippen molar-refractivity contribution in [2.24, 2.45) is 0 Å². The van der Waals surface area contributed by atoms with E-state index in [-0.39, 0.29) is 5.91 Å². The van der Waals surface area contributed by atoms with E-state index in [2.05, 4.69) is 15.4 Å². The molecule has 1 N–H and O–H groups in total. The summed E-state index contributed by atoms with van der Waals surface area (Å²) in [5.41, 5.74) is 5.31. The summed E-state index contributed by atoms with van der Waals surface area (Å²) >= 11 is 3.02. The maximum atomic E-state index is 12.6. The first kappa shape index (κ1) is 14.1. The van der Waals surface area contributed by atoms with Crippen LogP contribution in [0.1, 0.15) is 15.4 Å². The summed E-state index contributed by atoms with van der Waals surface area (Å²) in [5, 5.41) is 2.88. The normalized spacial score (nSPS) is 11.0. The molecule has 23 heavy (non-hydrogen) atoms. The number of imidazole rings is 1. The first-order chi connectivity index (χ1) is 11.2. The Balaban J connectivity index is 1.65. The number of nitrogens with zero attached hydrogens (tertiary/aromatic N) is 3. The summed E-state index contributed by atoms with van der Waals surface area (Å²) in [4.78, 5) is 23.0. The van der Waals surface area contributed by atoms with E-state index in [0.717, 1.165) is 26.6 Å². The van der Waals surface area contributed by atoms with Crippen LogP contribution in [0.15, 0.2) is 48.1 Å². The van der Waals surface area contributed by atoms with Gasteiger partial charge in [0.25, 0.3) is 5.91 Å². The van der Waals surface area contributed by atoms with Crippen LogP contribution in [0.5, 0.6) is 0 Å². The molecule has 4 aromatic rings. The van der Waals surface area contributed by atoms with Gasteiger partial charge in [-0.15, -0.1) is 22.7 Å². The van der Waals surface area contributed by atoms with Gasteiger partial charge >= 0.3 is 0 Å². The zero-order valence-corrected chi connectivity index (χ0v) is 13.8. The van der Waals surface area contributed by atoms with E-state index in [1.807, 2.05) is 48.7 Å². The molecule has 0 unspecified atom stereocenters. The lowest BCUT2D eigenvalue weighted by Gasteiger charge is -2.05. The summed E-state index contributed by atoms with van der Waals surface area (Å²) in [7, 11) is 0. The highest BCUT2D eigenvalue weighted by molar-refractivity contribution is 7.22. The van der Waals surface area contributed by atoms with Crippen molar-refractivity contribution >= 4 is 39.6 Å². The van der Waals surface area contributed by atoms with Gasteiger partial charge in [-0.25, -0.2) is 14.6 Å². The quantitative estimate of drug-likeness (QED) is 0.615. The Labute approximate surface area is 140 Å². The first-order valence-electron chi connectivity index (χ1n) is 6.97. The number of hydrogen-bond donors (Lipinski definition) is 1. The van der Waals surface area contributed by atoms with Crippen molar-refractivity contribution in [2.45, 2.75) is 6.92 Å². The number of carbonyl (C=O) groups excluding carboxylic acids is 1. The largest absolute Gasteiger partial charge is 0.282 e. The SMILES string of the molecule is Cc1nc(-c2cccs2)sc1C(=O)Nn1cnc2ccccc21. The first-order valence-corrected chi connectivity index (χ1v) is 8.67. The van der Waals surface area contributed by atoms with E-state index in [0.29, 0.717) is 4.88 Å². The number of fused-ring (bicyclic) bond motifs is 1. The van der Waals surface area contributed by atoms with Gasteiger partial charge in [0.1, 0.15) is 16.2 Å². The Morgan fingerprint density at radius 1 is 1.22 bits per heavy atom. The number of amides is 1. The van der Waals surface area contributed by atoms with Gasteiger partial charge in [-0.05, 0) is 30.5 Å². The van der Waals surface area contributed by atoms with Gasteiger partial charge in [-0.2, -0.15) is 0 Å². The number of hydrogen-bond acceptors (Lipinski definition) is 5. The Morgan fingerprint density at radius 2 is 2.09 bits per heavy atom. The number of thiophene rings is 1. The molecule has 7 heteroatoms. The van der Waals surface area contributed by atoms with Gasteiger partial charge in [0.15, 0.2) is 0 Å². The van der Waals surface area contributed by atoms with Crippen LogP contribution in [0.25, 0.3) is 20.9 Å². The minimum atomic E-state index is -0.175. The molecule has 0 aliphatic carbocycles. The van der Waals surface area contributed by atoms with E-state index in [1.165, 1.54) is 11.3 Å². The number of aryl methyl sites for hydroxylation is 1. The van der Waals surface area contributed by atoms with Crippen molar-refractivity contribution in [1.82, 2.24) is 14.6 Å². The maximum absolute atomic E-state index is 12.6. The number of para-hydroxylation sites is 2. The average molecular weight is 340 g/mol. The van der Waals surface area contributed by atoms with Crippen LogP contribution in [0.2, 0.25) is 0 Å². The maximum Gasteiger partial charge on any atom is 0.282 e. The van der Waals surface area contributed by atoms with Crippen molar-refractivity contribution in [3.8, 4) is 9.88 Å². The lowest BCUT2D eigenvalue weighted by molar-refractivity contribution is 0.101. The monoisotopic (exact) mass is 340 g/mol. The fourth-order valence-corrected chi connectivity index (χ4v) is 4.07. The van der Waals surface area contributed by atoms with Crippen molar-refractivity contribution in [3.05, 3.63) is 58.7 Å². The van der Waals surface area contributed by atoms with E-state index >= 15 is 0 Å². The molecule has 0 bridgehead atoms. The van der Waals surface area contributed by atoms with E-state index < -0.39 is 0 Å². The molecule has 0 radical (unpaired) electrons. The second-order valence-corrected chi connectivity index (χ2v) is 6.90. The summed E-state index contributed by atoms with van der Waals surface area (Å²) in [6.07, 6.45) is 1.61. The molecule has 0 atom stereocenters. The molecule has 5 nitrogen and oxygen atoms in total. The van der Waals surface area contributed by atoms with Crippen molar-refractivity contribution in [1.29, 1.82) is 0 Å². The highest BCUT2D eigenvalue weighted by Gasteiger charge is 2.17. The second-order valence-electron chi connectivity index (χ2n) is 4.96. The van der Waals surface area contributed by atoms with Crippen molar-refractivity contribution in [3.63, 3.8) is 0 Å². The molecule has 0 aliphatic rings. The Morgan fingerprint density at radius 3 is 2.91 bits per heavy atom. The lowest BCUT2D eigenvalue weighted by Crippen LogP contribution is -2.21. The summed E-state index contributed by atoms with van der Waals surface area (Å²) in [5.74, 6) is -0.175. The third-order valence-electron chi connectivity index (χ3n) is 3.41. The van der Waals surface area contributed by atoms with Crippen molar-refractivity contribution < 1.29 is 4.79 Å². The van der Waals surface area contributed by atoms with Crippen LogP contribution in [0.3, 0.4) is 0 Å². The van der Waals surface area contributed by atoms with Gasteiger partial charge < -0.3 is 0 Å². The zero-order chi connectivity index (χ0) is 15.8. The van der Waals surface area contributed by atoms with Crippen LogP contribution in [0, 0.1) is 6.92 Å². The molecule has 0 fully saturated rings. The molecule has 1 aromatic carbocycles. The fraction of sp³-hybridized carbons (Fsp3) is 0.0625. The number of benzene rings is 1. The van der Waals surface area contributed by atoms with E-state index in [9.17, 15) is 4.79 Å². The molecule has 1 amide bonds. The minimum absolute atomic E-state index is 0.175. The number of aromatic nitrogens is 3. The highest BCUT2D eigenvalue weighted by Crippen LogP contribution is 2.31. The molecule has 3 aromatic heterocycles. The number of carbonyl (C=O) groups is 1. The Hall–Kier alpha value is -2.51. The smallest absolute Gasteiger partial charge is 0.266 e. The Bertz CT molecular complexity index is 985. The highest BCUT2D eigenvalue weighted by atomic mass is 32.1. The van der Waals surface area contributed by atoms with Crippen LogP contribution < -0.4 is 5.43 Å². The average Bonchev–Trinajstić information content (AvgIpc) is 3.27. The predicted molar refractivity (Wildman–Crippen MR) is 93.6 cm³/mol. The summed E-state index contributed by atoms with van der Waals surface area (Å²) in [6.45, 7) is 1.86. The second kappa shape index (κ2) is 5.60. The van der Waals surface area contributed by atoms with Crippen LogP contribution in [-0.2, 0) is 0 Å². The van der Waals surface area contributed by atoms with E-state index in [1.54, 1.807) is 22.3 Å². The molecule has 0 saturated heterocycles. The van der Waals surface area contributed by atoms with Crippen LogP contribution in [0.4, 0.5) is 0 Å². The molecule has 3 heterocycles. The van der Waals surface area contributed by atoms with Gasteiger partial charge in [-0.1, -0.05) is 18.2 Å². The molecule has 0 aliphatic heterocycles. The van der Waals surface area contributed by atoms with Crippen LogP contribution >= 0.6 is 22.7 Å². The standard InChI is InChI=1S/C16H12N4OS2/c1-10-14(23-16(18-10)13-7-4-8-22-13)15(21)19-20-9-17-11-5-2-3-6-12(11)20/h2-9H,1H3,(H,19,21). The third kappa shape index (κ3) is 2.54. The topological polar surface area (TPSA) is 59.8 Å². The molecular formula is C16H12N4OS2. The molecule has 4 rings (SSSR count). The Kier molecular flexibility index (Phi) is 3.44. The van der Waals surface area contributed by atoms with Gasteiger partial charge in [0.05, 0.1) is 21.6 Å². The molecule has 0 spiro atoms.